The first-order valence-electron chi connectivity index (χ1n) is 8.26. The molecule has 3 aromatic rings. The van der Waals surface area contributed by atoms with Gasteiger partial charge in [-0.1, -0.05) is 41.4 Å². The molecule has 1 N–H and O–H groups in total. The van der Waals surface area contributed by atoms with E-state index in [2.05, 4.69) is 15.5 Å². The van der Waals surface area contributed by atoms with Gasteiger partial charge in [0.2, 0.25) is 5.91 Å². The Morgan fingerprint density at radius 2 is 1.96 bits per heavy atom. The van der Waals surface area contributed by atoms with Gasteiger partial charge in [-0.2, -0.15) is 10.2 Å². The first-order valence-corrected chi connectivity index (χ1v) is 9.02. The summed E-state index contributed by atoms with van der Waals surface area (Å²) in [5.74, 6) is -0.461. The Balaban J connectivity index is 1.75. The van der Waals surface area contributed by atoms with E-state index in [0.717, 1.165) is 0 Å². The number of nitrogens with zero attached hydrogens (tertiary/aromatic N) is 4. The molecular formula is C18H18Cl2FN5O. The molecule has 0 aliphatic heterocycles. The lowest BCUT2D eigenvalue weighted by Gasteiger charge is -2.13. The molecule has 6 nitrogen and oxygen atoms in total. The SMILES string of the molecule is Cc1nn(C(C)C(=O)Nc2nn(Cc3ccccc3F)cc2Cl)c(C)c1Cl. The molecule has 3 rings (SSSR count). The molecule has 27 heavy (non-hydrogen) atoms. The van der Waals surface area contributed by atoms with Crippen molar-refractivity contribution in [2.75, 3.05) is 5.32 Å². The average molecular weight is 410 g/mol. The third-order valence-electron chi connectivity index (χ3n) is 4.23. The highest BCUT2D eigenvalue weighted by molar-refractivity contribution is 6.33. The molecule has 9 heteroatoms. The predicted molar refractivity (Wildman–Crippen MR) is 103 cm³/mol. The zero-order chi connectivity index (χ0) is 19.7. The van der Waals surface area contributed by atoms with Crippen LogP contribution in [-0.4, -0.2) is 25.5 Å². The fraction of sp³-hybridized carbons (Fsp3) is 0.278. The normalized spacial score (nSPS) is 12.2. The third kappa shape index (κ3) is 3.99. The standard InChI is InChI=1S/C18H18Cl2FN5O/c1-10-16(20)11(2)26(23-10)12(3)18(27)22-17-14(19)9-25(24-17)8-13-6-4-5-7-15(13)21/h4-7,9,12H,8H2,1-3H3,(H,22,24,27). The van der Waals surface area contributed by atoms with Gasteiger partial charge in [0.05, 0.1) is 23.0 Å². The van der Waals surface area contributed by atoms with E-state index in [1.807, 2.05) is 0 Å². The number of nitrogens with one attached hydrogen (secondary N) is 1. The number of aromatic nitrogens is 4. The van der Waals surface area contributed by atoms with Crippen LogP contribution in [-0.2, 0) is 11.3 Å². The molecule has 142 valence electrons. The van der Waals surface area contributed by atoms with E-state index >= 15 is 0 Å². The van der Waals surface area contributed by atoms with Crippen LogP contribution in [0.15, 0.2) is 30.5 Å². The Labute approximate surface area is 165 Å². The largest absolute Gasteiger partial charge is 0.306 e. The number of hydrogen-bond donors (Lipinski definition) is 1. The molecule has 0 bridgehead atoms. The molecule has 0 radical (unpaired) electrons. The van der Waals surface area contributed by atoms with Crippen LogP contribution >= 0.6 is 23.2 Å². The number of carbonyl (C=O) groups is 1. The molecule has 0 spiro atoms. The van der Waals surface area contributed by atoms with Crippen molar-refractivity contribution in [1.29, 1.82) is 0 Å². The summed E-state index contributed by atoms with van der Waals surface area (Å²) in [6.07, 6.45) is 1.54. The molecule has 1 amide bonds. The first-order chi connectivity index (χ1) is 12.8. The number of carbonyl (C=O) groups excluding carboxylic acids is 1. The maximum absolute atomic E-state index is 13.8. The fourth-order valence-electron chi connectivity index (χ4n) is 2.72. The van der Waals surface area contributed by atoms with E-state index < -0.39 is 6.04 Å². The van der Waals surface area contributed by atoms with Crippen molar-refractivity contribution < 1.29 is 9.18 Å². The molecule has 1 atom stereocenters. The van der Waals surface area contributed by atoms with Crippen molar-refractivity contribution in [3.05, 3.63) is 63.3 Å². The topological polar surface area (TPSA) is 64.7 Å². The molecular weight excluding hydrogens is 392 g/mol. The number of halogens is 3. The lowest BCUT2D eigenvalue weighted by molar-refractivity contribution is -0.119. The summed E-state index contributed by atoms with van der Waals surface area (Å²) < 4.78 is 16.8. The second-order valence-corrected chi connectivity index (χ2v) is 6.99. The third-order valence-corrected chi connectivity index (χ3v) is 5.06. The molecule has 0 saturated heterocycles. The van der Waals surface area contributed by atoms with Gasteiger partial charge in [0.1, 0.15) is 16.9 Å². The summed E-state index contributed by atoms with van der Waals surface area (Å²) in [5.41, 5.74) is 1.83. The number of hydrogen-bond acceptors (Lipinski definition) is 3. The molecule has 0 saturated carbocycles. The van der Waals surface area contributed by atoms with Gasteiger partial charge in [-0.3, -0.25) is 14.2 Å². The van der Waals surface area contributed by atoms with Gasteiger partial charge in [0.15, 0.2) is 5.82 Å². The molecule has 1 unspecified atom stereocenters. The average Bonchev–Trinajstić information content (AvgIpc) is 3.10. The number of aryl methyl sites for hydroxylation is 1. The van der Waals surface area contributed by atoms with Crippen molar-refractivity contribution in [1.82, 2.24) is 19.6 Å². The van der Waals surface area contributed by atoms with Gasteiger partial charge >= 0.3 is 0 Å². The van der Waals surface area contributed by atoms with Crippen molar-refractivity contribution in [3.8, 4) is 0 Å². The van der Waals surface area contributed by atoms with Gasteiger partial charge in [-0.15, -0.1) is 0 Å². The summed E-state index contributed by atoms with van der Waals surface area (Å²) in [7, 11) is 0. The highest BCUT2D eigenvalue weighted by Crippen LogP contribution is 2.25. The predicted octanol–water partition coefficient (Wildman–Crippen LogP) is 4.39. The van der Waals surface area contributed by atoms with Crippen LogP contribution in [0.4, 0.5) is 10.2 Å². The highest BCUT2D eigenvalue weighted by Gasteiger charge is 2.22. The Morgan fingerprint density at radius 1 is 1.26 bits per heavy atom. The minimum absolute atomic E-state index is 0.199. The van der Waals surface area contributed by atoms with Crippen molar-refractivity contribution >= 4 is 34.9 Å². The fourth-order valence-corrected chi connectivity index (χ4v) is 3.04. The molecule has 1 aromatic carbocycles. The first kappa shape index (κ1) is 19.4. The Hall–Kier alpha value is -2.38. The van der Waals surface area contributed by atoms with E-state index in [1.54, 1.807) is 43.7 Å². The van der Waals surface area contributed by atoms with Crippen LogP contribution in [0.1, 0.15) is 29.9 Å². The summed E-state index contributed by atoms with van der Waals surface area (Å²) in [6, 6.07) is 5.80. The van der Waals surface area contributed by atoms with Gasteiger partial charge < -0.3 is 5.32 Å². The zero-order valence-corrected chi connectivity index (χ0v) is 16.5. The lowest BCUT2D eigenvalue weighted by atomic mass is 10.2. The second-order valence-electron chi connectivity index (χ2n) is 6.21. The summed E-state index contributed by atoms with van der Waals surface area (Å²) >= 11 is 12.3. The quantitative estimate of drug-likeness (QED) is 0.679. The Kier molecular flexibility index (Phi) is 5.53. The molecule has 0 aliphatic carbocycles. The summed E-state index contributed by atoms with van der Waals surface area (Å²) in [6.45, 7) is 5.47. The number of benzene rings is 1. The number of anilines is 1. The van der Waals surface area contributed by atoms with Gasteiger partial charge in [-0.05, 0) is 26.8 Å². The summed E-state index contributed by atoms with van der Waals surface area (Å²) in [5, 5.41) is 12.0. The molecule has 0 aliphatic rings. The van der Waals surface area contributed by atoms with Crippen LogP contribution in [0.5, 0.6) is 0 Å². The van der Waals surface area contributed by atoms with Crippen LogP contribution in [0.3, 0.4) is 0 Å². The maximum atomic E-state index is 13.8. The van der Waals surface area contributed by atoms with E-state index in [0.29, 0.717) is 22.0 Å². The Morgan fingerprint density at radius 3 is 2.59 bits per heavy atom. The molecule has 2 heterocycles. The van der Waals surface area contributed by atoms with E-state index in [4.69, 9.17) is 23.2 Å². The smallest absolute Gasteiger partial charge is 0.250 e. The Bertz CT molecular complexity index is 998. The monoisotopic (exact) mass is 409 g/mol. The van der Waals surface area contributed by atoms with Crippen molar-refractivity contribution in [3.63, 3.8) is 0 Å². The summed E-state index contributed by atoms with van der Waals surface area (Å²) in [4.78, 5) is 12.6. The van der Waals surface area contributed by atoms with Gasteiger partial charge in [-0.25, -0.2) is 4.39 Å². The minimum Gasteiger partial charge on any atom is -0.306 e. The van der Waals surface area contributed by atoms with Crippen LogP contribution in [0.25, 0.3) is 0 Å². The van der Waals surface area contributed by atoms with Crippen molar-refractivity contribution in [2.45, 2.75) is 33.4 Å². The maximum Gasteiger partial charge on any atom is 0.250 e. The van der Waals surface area contributed by atoms with Crippen LogP contribution in [0.2, 0.25) is 10.0 Å². The molecule has 0 fully saturated rings. The molecule has 2 aromatic heterocycles. The number of rotatable bonds is 5. The highest BCUT2D eigenvalue weighted by atomic mass is 35.5. The van der Waals surface area contributed by atoms with Crippen LogP contribution in [0, 0.1) is 19.7 Å². The number of amides is 1. The zero-order valence-electron chi connectivity index (χ0n) is 15.0. The second kappa shape index (κ2) is 7.70. The van der Waals surface area contributed by atoms with E-state index in [1.165, 1.54) is 16.9 Å². The van der Waals surface area contributed by atoms with E-state index in [-0.39, 0.29) is 29.1 Å². The van der Waals surface area contributed by atoms with Crippen LogP contribution < -0.4 is 5.32 Å². The van der Waals surface area contributed by atoms with E-state index in [9.17, 15) is 9.18 Å². The van der Waals surface area contributed by atoms with Gasteiger partial charge in [0.25, 0.3) is 0 Å². The van der Waals surface area contributed by atoms with Gasteiger partial charge in [0, 0.05) is 11.8 Å². The lowest BCUT2D eigenvalue weighted by Crippen LogP contribution is -2.25. The van der Waals surface area contributed by atoms with Crippen molar-refractivity contribution in [2.24, 2.45) is 0 Å². The minimum atomic E-state index is -0.607.